The van der Waals surface area contributed by atoms with Crippen LogP contribution < -0.4 is 10.2 Å². The van der Waals surface area contributed by atoms with Gasteiger partial charge in [0.2, 0.25) is 0 Å². The fourth-order valence-electron chi connectivity index (χ4n) is 3.45. The molecule has 0 radical (unpaired) electrons. The molecule has 7 nitrogen and oxygen atoms in total. The van der Waals surface area contributed by atoms with E-state index in [0.29, 0.717) is 35.1 Å². The molecule has 2 aromatic rings. The number of hydrogen-bond acceptors (Lipinski definition) is 6. The Morgan fingerprint density at radius 1 is 1.39 bits per heavy atom. The lowest BCUT2D eigenvalue weighted by atomic mass is 10.2. The van der Waals surface area contributed by atoms with Gasteiger partial charge >= 0.3 is 0 Å². The SMILES string of the molecule is CCC1=NS(=O)(=O)c2cc(NC(=O)c3cccs3)ccc2N1C[C@@H]1CCCO1. The molecular formula is C19H21N3O4S2. The number of fused-ring (bicyclic) bond motifs is 1. The van der Waals surface area contributed by atoms with Crippen LogP contribution in [0.25, 0.3) is 0 Å². The van der Waals surface area contributed by atoms with Crippen LogP contribution in [0.4, 0.5) is 11.4 Å². The van der Waals surface area contributed by atoms with E-state index in [1.165, 1.54) is 17.4 Å². The minimum Gasteiger partial charge on any atom is -0.376 e. The molecule has 9 heteroatoms. The summed E-state index contributed by atoms with van der Waals surface area (Å²) >= 11 is 1.33. The fraction of sp³-hybridized carbons (Fsp3) is 0.368. The van der Waals surface area contributed by atoms with E-state index >= 15 is 0 Å². The average Bonchev–Trinajstić information content (AvgIpc) is 3.38. The molecule has 1 saturated heterocycles. The molecule has 0 spiro atoms. The van der Waals surface area contributed by atoms with Crippen molar-refractivity contribution < 1.29 is 17.9 Å². The van der Waals surface area contributed by atoms with Crippen molar-refractivity contribution in [2.75, 3.05) is 23.4 Å². The van der Waals surface area contributed by atoms with Crippen molar-refractivity contribution in [3.63, 3.8) is 0 Å². The summed E-state index contributed by atoms with van der Waals surface area (Å²) in [6, 6.07) is 8.45. The summed E-state index contributed by atoms with van der Waals surface area (Å²) in [4.78, 5) is 14.9. The number of ether oxygens (including phenoxy) is 1. The van der Waals surface area contributed by atoms with Crippen LogP contribution in [0.5, 0.6) is 0 Å². The Morgan fingerprint density at radius 3 is 2.93 bits per heavy atom. The summed E-state index contributed by atoms with van der Waals surface area (Å²) < 4.78 is 35.2. The summed E-state index contributed by atoms with van der Waals surface area (Å²) in [6.45, 7) is 3.18. The maximum Gasteiger partial charge on any atom is 0.286 e. The average molecular weight is 420 g/mol. The van der Waals surface area contributed by atoms with Crippen LogP contribution in [0.3, 0.4) is 0 Å². The highest BCUT2D eigenvalue weighted by atomic mass is 32.2. The molecule has 4 rings (SSSR count). The molecule has 1 aromatic carbocycles. The second kappa shape index (κ2) is 7.65. The molecule has 1 fully saturated rings. The van der Waals surface area contributed by atoms with E-state index in [1.54, 1.807) is 24.3 Å². The molecule has 1 amide bonds. The number of thiophene rings is 1. The van der Waals surface area contributed by atoms with Crippen LogP contribution in [-0.4, -0.2) is 39.4 Å². The molecule has 0 aliphatic carbocycles. The van der Waals surface area contributed by atoms with Crippen molar-refractivity contribution in [1.29, 1.82) is 0 Å². The molecule has 2 aliphatic heterocycles. The van der Waals surface area contributed by atoms with E-state index in [1.807, 2.05) is 17.2 Å². The third-order valence-corrected chi connectivity index (χ3v) is 7.00. The normalized spacial score (nSPS) is 20.5. The number of sulfonamides is 1. The maximum absolute atomic E-state index is 12.7. The quantitative estimate of drug-likeness (QED) is 0.801. The Kier molecular flexibility index (Phi) is 5.22. The smallest absolute Gasteiger partial charge is 0.286 e. The van der Waals surface area contributed by atoms with Crippen molar-refractivity contribution in [2.24, 2.45) is 4.40 Å². The summed E-state index contributed by atoms with van der Waals surface area (Å²) in [5.41, 5.74) is 1.00. The predicted octanol–water partition coefficient (Wildman–Crippen LogP) is 3.50. The topological polar surface area (TPSA) is 88.1 Å². The predicted molar refractivity (Wildman–Crippen MR) is 110 cm³/mol. The highest BCUT2D eigenvalue weighted by Gasteiger charge is 2.32. The summed E-state index contributed by atoms with van der Waals surface area (Å²) in [5, 5.41) is 4.58. The summed E-state index contributed by atoms with van der Waals surface area (Å²) in [6.07, 6.45) is 2.52. The van der Waals surface area contributed by atoms with Gasteiger partial charge in [-0.15, -0.1) is 15.7 Å². The van der Waals surface area contributed by atoms with E-state index < -0.39 is 10.0 Å². The number of anilines is 2. The number of carbonyl (C=O) groups is 1. The molecule has 0 saturated carbocycles. The molecular weight excluding hydrogens is 398 g/mol. The van der Waals surface area contributed by atoms with Crippen molar-refractivity contribution in [1.82, 2.24) is 0 Å². The van der Waals surface area contributed by atoms with Gasteiger partial charge in [0, 0.05) is 18.7 Å². The second-order valence-electron chi connectivity index (χ2n) is 6.70. The number of amidine groups is 1. The molecule has 1 atom stereocenters. The van der Waals surface area contributed by atoms with Gasteiger partial charge in [-0.2, -0.15) is 8.42 Å². The Hall–Kier alpha value is -2.23. The largest absolute Gasteiger partial charge is 0.376 e. The summed E-state index contributed by atoms with van der Waals surface area (Å²) in [5.74, 6) is 0.246. The van der Waals surface area contributed by atoms with Crippen molar-refractivity contribution in [3.05, 3.63) is 40.6 Å². The molecule has 3 heterocycles. The Morgan fingerprint density at radius 2 is 2.25 bits per heavy atom. The first-order chi connectivity index (χ1) is 13.5. The third-order valence-electron chi connectivity index (χ3n) is 4.79. The van der Waals surface area contributed by atoms with Crippen LogP contribution in [0, 0.1) is 0 Å². The number of hydrogen-bond donors (Lipinski definition) is 1. The van der Waals surface area contributed by atoms with Crippen LogP contribution >= 0.6 is 11.3 Å². The van der Waals surface area contributed by atoms with E-state index in [2.05, 4.69) is 9.71 Å². The van der Waals surface area contributed by atoms with Crippen molar-refractivity contribution in [3.8, 4) is 0 Å². The van der Waals surface area contributed by atoms with Gasteiger partial charge in [-0.3, -0.25) is 4.79 Å². The highest BCUT2D eigenvalue weighted by molar-refractivity contribution is 7.90. The number of nitrogens with one attached hydrogen (secondary N) is 1. The van der Waals surface area contributed by atoms with E-state index in [9.17, 15) is 13.2 Å². The number of amides is 1. The Balaban J connectivity index is 1.67. The molecule has 0 bridgehead atoms. The van der Waals surface area contributed by atoms with Gasteiger partial charge in [-0.1, -0.05) is 13.0 Å². The van der Waals surface area contributed by atoms with Gasteiger partial charge in [0.25, 0.3) is 15.9 Å². The van der Waals surface area contributed by atoms with Gasteiger partial charge in [-0.05, 0) is 42.5 Å². The molecule has 1 N–H and O–H groups in total. The zero-order valence-electron chi connectivity index (χ0n) is 15.4. The van der Waals surface area contributed by atoms with E-state index in [-0.39, 0.29) is 16.9 Å². The zero-order valence-corrected chi connectivity index (χ0v) is 17.1. The number of carbonyl (C=O) groups excluding carboxylic acids is 1. The summed E-state index contributed by atoms with van der Waals surface area (Å²) in [7, 11) is -3.83. The standard InChI is InChI=1S/C19H21N3O4S2/c1-2-18-21-28(24,25)17-11-13(20-19(23)16-6-4-10-27-16)7-8-15(17)22(18)12-14-5-3-9-26-14/h4,6-8,10-11,14H,2-3,5,9,12H2,1H3,(H,20,23)/t14-/m0/s1. The minimum atomic E-state index is -3.83. The zero-order chi connectivity index (χ0) is 19.7. The van der Waals surface area contributed by atoms with Gasteiger partial charge in [0.1, 0.15) is 10.7 Å². The molecule has 0 unspecified atom stereocenters. The third kappa shape index (κ3) is 3.69. The number of rotatable bonds is 5. The molecule has 148 valence electrons. The van der Waals surface area contributed by atoms with Gasteiger partial charge in [0.15, 0.2) is 0 Å². The van der Waals surface area contributed by atoms with Crippen molar-refractivity contribution >= 4 is 44.5 Å². The first kappa shape index (κ1) is 19.1. The lowest BCUT2D eigenvalue weighted by Crippen LogP contribution is -2.40. The van der Waals surface area contributed by atoms with Crippen LogP contribution in [0.2, 0.25) is 0 Å². The second-order valence-corrected chi connectivity index (χ2v) is 9.22. The highest BCUT2D eigenvalue weighted by Crippen LogP contribution is 2.35. The van der Waals surface area contributed by atoms with Crippen LogP contribution in [0.1, 0.15) is 35.9 Å². The minimum absolute atomic E-state index is 0.0589. The lowest BCUT2D eigenvalue weighted by Gasteiger charge is -2.32. The fourth-order valence-corrected chi connectivity index (χ4v) is 5.39. The van der Waals surface area contributed by atoms with E-state index in [4.69, 9.17) is 4.74 Å². The number of benzene rings is 1. The first-order valence-electron chi connectivity index (χ1n) is 9.20. The Labute approximate surface area is 168 Å². The lowest BCUT2D eigenvalue weighted by molar-refractivity contribution is 0.103. The maximum atomic E-state index is 12.7. The molecule has 28 heavy (non-hydrogen) atoms. The van der Waals surface area contributed by atoms with Gasteiger partial charge < -0.3 is 15.0 Å². The van der Waals surface area contributed by atoms with Crippen molar-refractivity contribution in [2.45, 2.75) is 37.2 Å². The van der Waals surface area contributed by atoms with Crippen LogP contribution in [-0.2, 0) is 14.8 Å². The van der Waals surface area contributed by atoms with Gasteiger partial charge in [0.05, 0.1) is 23.2 Å². The van der Waals surface area contributed by atoms with Gasteiger partial charge in [-0.25, -0.2) is 0 Å². The monoisotopic (exact) mass is 419 g/mol. The van der Waals surface area contributed by atoms with Crippen LogP contribution in [0.15, 0.2) is 45.0 Å². The van der Waals surface area contributed by atoms with E-state index in [0.717, 1.165) is 19.4 Å². The number of nitrogens with zero attached hydrogens (tertiary/aromatic N) is 2. The molecule has 2 aliphatic rings. The Bertz CT molecular complexity index is 1010. The first-order valence-corrected chi connectivity index (χ1v) is 11.5. The molecule has 1 aromatic heterocycles.